The van der Waals surface area contributed by atoms with E-state index in [0.29, 0.717) is 6.04 Å². The van der Waals surface area contributed by atoms with Gasteiger partial charge in [0.05, 0.1) is 6.07 Å². The number of nitriles is 1. The van der Waals surface area contributed by atoms with Crippen molar-refractivity contribution in [2.45, 2.75) is 38.3 Å². The van der Waals surface area contributed by atoms with Crippen molar-refractivity contribution < 1.29 is 0 Å². The molecule has 0 spiro atoms. The van der Waals surface area contributed by atoms with Crippen molar-refractivity contribution in [3.05, 3.63) is 33.8 Å². The maximum Gasteiger partial charge on any atom is 0.133 e. The average molecular weight is 279 g/mol. The Morgan fingerprint density at radius 3 is 2.88 bits per heavy atom. The van der Waals surface area contributed by atoms with Crippen molar-refractivity contribution in [3.8, 4) is 6.07 Å². The summed E-state index contributed by atoms with van der Waals surface area (Å²) in [5.41, 5.74) is 1.92. The molecule has 0 saturated heterocycles. The summed E-state index contributed by atoms with van der Waals surface area (Å²) in [7, 11) is 0. The molecule has 2 rings (SSSR count). The van der Waals surface area contributed by atoms with Gasteiger partial charge < -0.3 is 0 Å². The minimum atomic E-state index is -0.493. The highest BCUT2D eigenvalue weighted by atomic mass is 79.9. The van der Waals surface area contributed by atoms with Crippen molar-refractivity contribution in [1.82, 2.24) is 5.32 Å². The molecule has 16 heavy (non-hydrogen) atoms. The predicted octanol–water partition coefficient (Wildman–Crippen LogP) is 3.11. The van der Waals surface area contributed by atoms with E-state index in [-0.39, 0.29) is 0 Å². The summed E-state index contributed by atoms with van der Waals surface area (Å²) in [6.45, 7) is 4.16. The van der Waals surface area contributed by atoms with E-state index >= 15 is 0 Å². The predicted molar refractivity (Wildman–Crippen MR) is 68.0 cm³/mol. The van der Waals surface area contributed by atoms with Crippen LogP contribution < -0.4 is 5.32 Å². The normalized spacial score (nSPS) is 23.2. The van der Waals surface area contributed by atoms with Gasteiger partial charge in [0.1, 0.15) is 5.54 Å². The molecule has 2 nitrogen and oxygen atoms in total. The number of benzene rings is 1. The quantitative estimate of drug-likeness (QED) is 0.902. The molecule has 0 aliphatic heterocycles. The van der Waals surface area contributed by atoms with Crippen LogP contribution in [0.25, 0.3) is 0 Å². The summed E-state index contributed by atoms with van der Waals surface area (Å²) >= 11 is 3.56. The molecule has 1 atom stereocenters. The molecule has 0 fully saturated rings. The van der Waals surface area contributed by atoms with Gasteiger partial charge in [0, 0.05) is 10.5 Å². The molecule has 1 unspecified atom stereocenters. The van der Waals surface area contributed by atoms with E-state index in [4.69, 9.17) is 0 Å². The molecule has 1 aliphatic carbocycles. The van der Waals surface area contributed by atoms with Crippen molar-refractivity contribution in [1.29, 1.82) is 5.26 Å². The van der Waals surface area contributed by atoms with Gasteiger partial charge in [0.2, 0.25) is 0 Å². The third kappa shape index (κ3) is 1.77. The van der Waals surface area contributed by atoms with Crippen molar-refractivity contribution in [3.63, 3.8) is 0 Å². The van der Waals surface area contributed by atoms with Crippen LogP contribution >= 0.6 is 15.9 Å². The molecule has 0 amide bonds. The Morgan fingerprint density at radius 2 is 2.25 bits per heavy atom. The highest BCUT2D eigenvalue weighted by Crippen LogP contribution is 2.40. The summed E-state index contributed by atoms with van der Waals surface area (Å²) in [5.74, 6) is 0. The molecule has 0 heterocycles. The van der Waals surface area contributed by atoms with Crippen molar-refractivity contribution in [2.75, 3.05) is 0 Å². The molecular formula is C13H15BrN2. The van der Waals surface area contributed by atoms with Gasteiger partial charge in [-0.15, -0.1) is 0 Å². The van der Waals surface area contributed by atoms with Crippen LogP contribution in [0, 0.1) is 11.3 Å². The first-order valence-electron chi connectivity index (χ1n) is 5.56. The fraction of sp³-hybridized carbons (Fsp3) is 0.462. The summed E-state index contributed by atoms with van der Waals surface area (Å²) in [6, 6.07) is 8.88. The third-order valence-corrected chi connectivity index (χ3v) is 3.80. The lowest BCUT2D eigenvalue weighted by Gasteiger charge is -2.26. The van der Waals surface area contributed by atoms with E-state index < -0.39 is 5.54 Å². The zero-order chi connectivity index (χ0) is 11.8. The lowest BCUT2D eigenvalue weighted by Crippen LogP contribution is -2.43. The molecule has 1 aromatic carbocycles. The van der Waals surface area contributed by atoms with Gasteiger partial charge in [-0.2, -0.15) is 5.26 Å². The molecular weight excluding hydrogens is 264 g/mol. The van der Waals surface area contributed by atoms with Crippen LogP contribution in [0.3, 0.4) is 0 Å². The number of nitrogens with one attached hydrogen (secondary N) is 1. The summed E-state index contributed by atoms with van der Waals surface area (Å²) in [4.78, 5) is 0. The lowest BCUT2D eigenvalue weighted by atomic mass is 9.92. The number of hydrogen-bond donors (Lipinski definition) is 1. The highest BCUT2D eigenvalue weighted by Gasteiger charge is 2.39. The molecule has 1 N–H and O–H groups in total. The number of rotatable bonds is 2. The third-order valence-electron chi connectivity index (χ3n) is 3.05. The number of fused-ring (bicyclic) bond motifs is 1. The topological polar surface area (TPSA) is 35.8 Å². The standard InChI is InChI=1S/C13H15BrN2/c1-9(2)16-13(8-15)7-6-10-11(13)4-3-5-12(10)14/h3-5,9,16H,6-7H2,1-2H3. The van der Waals surface area contributed by atoms with Gasteiger partial charge in [-0.25, -0.2) is 0 Å². The van der Waals surface area contributed by atoms with Crippen LogP contribution in [-0.4, -0.2) is 6.04 Å². The van der Waals surface area contributed by atoms with Crippen LogP contribution in [0.4, 0.5) is 0 Å². The second kappa shape index (κ2) is 4.20. The van der Waals surface area contributed by atoms with Gasteiger partial charge >= 0.3 is 0 Å². The van der Waals surface area contributed by atoms with Gasteiger partial charge in [0.15, 0.2) is 0 Å². The molecule has 0 aromatic heterocycles. The Morgan fingerprint density at radius 1 is 1.50 bits per heavy atom. The monoisotopic (exact) mass is 278 g/mol. The van der Waals surface area contributed by atoms with Crippen LogP contribution in [0.5, 0.6) is 0 Å². The molecule has 3 heteroatoms. The van der Waals surface area contributed by atoms with Gasteiger partial charge in [-0.3, -0.25) is 5.32 Å². The van der Waals surface area contributed by atoms with Crippen LogP contribution in [-0.2, 0) is 12.0 Å². The molecule has 0 bridgehead atoms. The highest BCUT2D eigenvalue weighted by molar-refractivity contribution is 9.10. The zero-order valence-electron chi connectivity index (χ0n) is 9.55. The zero-order valence-corrected chi connectivity index (χ0v) is 11.1. The second-order valence-electron chi connectivity index (χ2n) is 4.58. The summed E-state index contributed by atoms with van der Waals surface area (Å²) in [6.07, 6.45) is 1.82. The van der Waals surface area contributed by atoms with Crippen molar-refractivity contribution >= 4 is 15.9 Å². The minimum absolute atomic E-state index is 0.310. The van der Waals surface area contributed by atoms with E-state index in [1.807, 2.05) is 12.1 Å². The second-order valence-corrected chi connectivity index (χ2v) is 5.44. The maximum atomic E-state index is 9.48. The van der Waals surface area contributed by atoms with E-state index in [9.17, 15) is 5.26 Å². The Kier molecular flexibility index (Phi) is 3.05. The van der Waals surface area contributed by atoms with Crippen LogP contribution in [0.2, 0.25) is 0 Å². The smallest absolute Gasteiger partial charge is 0.133 e. The lowest BCUT2D eigenvalue weighted by molar-refractivity contribution is 0.385. The number of hydrogen-bond acceptors (Lipinski definition) is 2. The maximum absolute atomic E-state index is 9.48. The Bertz CT molecular complexity index is 448. The van der Waals surface area contributed by atoms with Crippen LogP contribution in [0.15, 0.2) is 22.7 Å². The first-order chi connectivity index (χ1) is 7.59. The Hall–Kier alpha value is -0.850. The molecule has 0 radical (unpaired) electrons. The average Bonchev–Trinajstić information content (AvgIpc) is 2.59. The fourth-order valence-electron chi connectivity index (χ4n) is 2.45. The van der Waals surface area contributed by atoms with E-state index in [1.54, 1.807) is 0 Å². The summed E-state index contributed by atoms with van der Waals surface area (Å²) in [5, 5.41) is 12.9. The van der Waals surface area contributed by atoms with Gasteiger partial charge in [-0.1, -0.05) is 28.1 Å². The largest absolute Gasteiger partial charge is 0.293 e. The van der Waals surface area contributed by atoms with Crippen molar-refractivity contribution in [2.24, 2.45) is 0 Å². The number of halogens is 1. The number of nitrogens with zero attached hydrogens (tertiary/aromatic N) is 1. The SMILES string of the molecule is CC(C)NC1(C#N)CCc2c(Br)cccc21. The molecule has 1 aliphatic rings. The first-order valence-corrected chi connectivity index (χ1v) is 6.35. The summed E-state index contributed by atoms with van der Waals surface area (Å²) < 4.78 is 1.12. The van der Waals surface area contributed by atoms with E-state index in [1.165, 1.54) is 5.56 Å². The van der Waals surface area contributed by atoms with Gasteiger partial charge in [-0.05, 0) is 43.9 Å². The fourth-order valence-corrected chi connectivity index (χ4v) is 3.02. The first kappa shape index (κ1) is 11.6. The minimum Gasteiger partial charge on any atom is -0.293 e. The molecule has 0 saturated carbocycles. The Labute approximate surface area is 105 Å². The molecule has 1 aromatic rings. The molecule has 84 valence electrons. The van der Waals surface area contributed by atoms with Crippen LogP contribution in [0.1, 0.15) is 31.4 Å². The Balaban J connectivity index is 2.49. The van der Waals surface area contributed by atoms with E-state index in [0.717, 1.165) is 22.9 Å². The van der Waals surface area contributed by atoms with E-state index in [2.05, 4.69) is 47.2 Å². The van der Waals surface area contributed by atoms with Gasteiger partial charge in [0.25, 0.3) is 0 Å².